The van der Waals surface area contributed by atoms with Crippen molar-refractivity contribution < 1.29 is 18.7 Å². The van der Waals surface area contributed by atoms with Crippen molar-refractivity contribution in [3.05, 3.63) is 65.1 Å². The minimum absolute atomic E-state index is 0.00739. The molecule has 1 atom stereocenters. The number of anilines is 1. The topological polar surface area (TPSA) is 94.4 Å². The molecule has 3 aromatic rings. The van der Waals surface area contributed by atoms with Gasteiger partial charge in [0.15, 0.2) is 6.73 Å². The number of urea groups is 1. The number of rotatable bonds is 2. The maximum atomic E-state index is 13.1. The van der Waals surface area contributed by atoms with Gasteiger partial charge in [-0.1, -0.05) is 11.8 Å². The fourth-order valence-electron chi connectivity index (χ4n) is 3.55. The zero-order valence-electron chi connectivity index (χ0n) is 17.2. The van der Waals surface area contributed by atoms with Crippen LogP contribution < -0.4 is 15.0 Å². The van der Waals surface area contributed by atoms with Crippen LogP contribution in [0.15, 0.2) is 36.8 Å². The Labute approximate surface area is 183 Å². The van der Waals surface area contributed by atoms with Crippen molar-refractivity contribution in [1.29, 1.82) is 0 Å². The Morgan fingerprint density at radius 1 is 1.22 bits per heavy atom. The number of halogens is 1. The number of fused-ring (bicyclic) bond motifs is 2. The molecule has 0 bridgehead atoms. The van der Waals surface area contributed by atoms with Crippen molar-refractivity contribution in [2.45, 2.75) is 26.1 Å². The third-order valence-corrected chi connectivity index (χ3v) is 5.24. The number of amides is 2. The van der Waals surface area contributed by atoms with E-state index in [1.165, 1.54) is 17.0 Å². The van der Waals surface area contributed by atoms with Gasteiger partial charge in [-0.05, 0) is 25.1 Å². The van der Waals surface area contributed by atoms with Gasteiger partial charge in [-0.15, -0.1) is 0 Å². The molecule has 5 rings (SSSR count). The lowest BCUT2D eigenvalue weighted by Gasteiger charge is -2.20. The third kappa shape index (κ3) is 3.74. The second-order valence-electron chi connectivity index (χ2n) is 7.32. The van der Waals surface area contributed by atoms with Crippen LogP contribution in [0.4, 0.5) is 14.9 Å². The molecule has 9 nitrogen and oxygen atoms in total. The molecule has 5 heterocycles. The highest BCUT2D eigenvalue weighted by Gasteiger charge is 2.31. The number of aromatic nitrogens is 4. The number of carbonyl (C=O) groups excluding carboxylic acids is 1. The monoisotopic (exact) mass is 434 g/mol. The summed E-state index contributed by atoms with van der Waals surface area (Å²) in [5, 5.41) is 7.20. The summed E-state index contributed by atoms with van der Waals surface area (Å²) in [6, 6.07) is 3.74. The van der Waals surface area contributed by atoms with E-state index in [-0.39, 0.29) is 6.73 Å². The Balaban J connectivity index is 1.39. The summed E-state index contributed by atoms with van der Waals surface area (Å²) < 4.78 is 26.1. The molecule has 0 fully saturated rings. The number of nitrogens with one attached hydrogen (secondary N) is 1. The summed E-state index contributed by atoms with van der Waals surface area (Å²) in [5.41, 5.74) is 3.35. The zero-order valence-corrected chi connectivity index (χ0v) is 17.2. The van der Waals surface area contributed by atoms with E-state index >= 15 is 0 Å². The second kappa shape index (κ2) is 8.28. The van der Waals surface area contributed by atoms with Gasteiger partial charge in [-0.25, -0.2) is 14.2 Å². The highest BCUT2D eigenvalue weighted by atomic mass is 19.1. The first-order valence-electron chi connectivity index (χ1n) is 10.1. The van der Waals surface area contributed by atoms with Gasteiger partial charge in [0.2, 0.25) is 5.88 Å². The van der Waals surface area contributed by atoms with Gasteiger partial charge < -0.3 is 14.8 Å². The fourth-order valence-corrected chi connectivity index (χ4v) is 3.55. The highest BCUT2D eigenvalue weighted by molar-refractivity contribution is 5.96. The largest absolute Gasteiger partial charge is 0.454 e. The van der Waals surface area contributed by atoms with Crippen molar-refractivity contribution in [3.63, 3.8) is 0 Å². The normalized spacial score (nSPS) is 15.1. The Morgan fingerprint density at radius 2 is 2.09 bits per heavy atom. The van der Waals surface area contributed by atoms with Gasteiger partial charge in [0, 0.05) is 6.20 Å². The van der Waals surface area contributed by atoms with Crippen LogP contribution in [0.1, 0.15) is 35.5 Å². The van der Waals surface area contributed by atoms with Crippen molar-refractivity contribution in [3.8, 4) is 17.7 Å². The average Bonchev–Trinajstić information content (AvgIpc) is 3.43. The van der Waals surface area contributed by atoms with E-state index in [0.29, 0.717) is 42.6 Å². The third-order valence-electron chi connectivity index (χ3n) is 5.24. The van der Waals surface area contributed by atoms with Crippen molar-refractivity contribution in [2.75, 3.05) is 18.2 Å². The zero-order chi connectivity index (χ0) is 22.1. The van der Waals surface area contributed by atoms with E-state index in [9.17, 15) is 9.18 Å². The molecule has 0 saturated heterocycles. The Bertz CT molecular complexity index is 1230. The molecular weight excluding hydrogens is 415 g/mol. The predicted molar refractivity (Wildman–Crippen MR) is 111 cm³/mol. The predicted octanol–water partition coefficient (Wildman–Crippen LogP) is 2.37. The molecule has 1 N–H and O–H groups in total. The first-order valence-corrected chi connectivity index (χ1v) is 10.1. The molecule has 0 spiro atoms. The Hall–Kier alpha value is -3.97. The number of hydrogen-bond acceptors (Lipinski definition) is 6. The first-order chi connectivity index (χ1) is 15.6. The van der Waals surface area contributed by atoms with Gasteiger partial charge in [-0.2, -0.15) is 5.10 Å². The van der Waals surface area contributed by atoms with Crippen LogP contribution in [0.5, 0.6) is 5.88 Å². The smallest absolute Gasteiger partial charge is 0.325 e. The van der Waals surface area contributed by atoms with E-state index in [1.807, 2.05) is 4.68 Å². The molecule has 0 unspecified atom stereocenters. The van der Waals surface area contributed by atoms with E-state index in [1.54, 1.807) is 25.4 Å². The lowest BCUT2D eigenvalue weighted by Crippen LogP contribution is -2.41. The molecule has 162 valence electrons. The fraction of sp³-hybridized carbons (Fsp3) is 0.273. The average molecular weight is 434 g/mol. The first kappa shape index (κ1) is 20.0. The summed E-state index contributed by atoms with van der Waals surface area (Å²) >= 11 is 0. The van der Waals surface area contributed by atoms with Crippen LogP contribution in [-0.4, -0.2) is 39.1 Å². The number of ether oxygens (including phenoxy) is 2. The van der Waals surface area contributed by atoms with E-state index in [0.717, 1.165) is 17.5 Å². The van der Waals surface area contributed by atoms with E-state index in [2.05, 4.69) is 32.2 Å². The van der Waals surface area contributed by atoms with E-state index < -0.39 is 17.9 Å². The van der Waals surface area contributed by atoms with Gasteiger partial charge in [0.25, 0.3) is 0 Å². The summed E-state index contributed by atoms with van der Waals surface area (Å²) in [6.45, 7) is 3.57. The number of hydrogen-bond donors (Lipinski definition) is 1. The van der Waals surface area contributed by atoms with Crippen molar-refractivity contribution in [1.82, 2.24) is 25.1 Å². The van der Waals surface area contributed by atoms with Crippen LogP contribution in [-0.2, 0) is 17.9 Å². The van der Waals surface area contributed by atoms with Gasteiger partial charge in [0.05, 0.1) is 60.7 Å². The van der Waals surface area contributed by atoms with Crippen molar-refractivity contribution >= 4 is 11.7 Å². The molecule has 0 aliphatic carbocycles. The Kier molecular flexibility index (Phi) is 5.17. The van der Waals surface area contributed by atoms with Crippen LogP contribution in [0, 0.1) is 17.7 Å². The van der Waals surface area contributed by atoms with Crippen LogP contribution in [0.25, 0.3) is 0 Å². The lowest BCUT2D eigenvalue weighted by molar-refractivity contribution is 0.0799. The quantitative estimate of drug-likeness (QED) is 0.623. The lowest BCUT2D eigenvalue weighted by atomic mass is 10.1. The van der Waals surface area contributed by atoms with Crippen LogP contribution in [0.3, 0.4) is 0 Å². The summed E-state index contributed by atoms with van der Waals surface area (Å²) in [6.07, 6.45) is 4.42. The molecule has 2 amide bonds. The van der Waals surface area contributed by atoms with E-state index in [4.69, 9.17) is 9.47 Å². The molecule has 32 heavy (non-hydrogen) atoms. The van der Waals surface area contributed by atoms with Gasteiger partial charge in [0.1, 0.15) is 11.5 Å². The minimum atomic E-state index is -0.435. The number of carbonyl (C=O) groups is 1. The molecule has 0 radical (unpaired) electrons. The number of pyridine rings is 2. The second-order valence-corrected chi connectivity index (χ2v) is 7.32. The molecular formula is C22H19FN6O3. The molecule has 10 heteroatoms. The summed E-state index contributed by atoms with van der Waals surface area (Å²) in [4.78, 5) is 22.6. The minimum Gasteiger partial charge on any atom is -0.454 e. The molecule has 3 aromatic heterocycles. The Morgan fingerprint density at radius 3 is 2.94 bits per heavy atom. The maximum absolute atomic E-state index is 13.1. The number of nitrogens with zero attached hydrogens (tertiary/aromatic N) is 5. The van der Waals surface area contributed by atoms with Crippen LogP contribution >= 0.6 is 0 Å². The van der Waals surface area contributed by atoms with Crippen LogP contribution in [0.2, 0.25) is 0 Å². The maximum Gasteiger partial charge on any atom is 0.325 e. The standard InChI is InChI=1S/C22H19FN6O3/c1-14(18-5-4-17(23)11-25-18)27-22(30)28-13-32-21-20(28)15(6-7-24-21)2-3-16-10-26-29-8-9-31-12-19(16)29/h4-7,10-11,14H,8-9,12-13H2,1H3,(H,27,30)/t14-/m0/s1. The SMILES string of the molecule is C[C@H](NC(=O)N1COc2nccc(C#Cc3cnn4c3COCC4)c21)c1ccc(F)cn1. The van der Waals surface area contributed by atoms with Gasteiger partial charge >= 0.3 is 6.03 Å². The summed E-state index contributed by atoms with van der Waals surface area (Å²) in [5.74, 6) is 6.15. The molecule has 2 aliphatic rings. The highest BCUT2D eigenvalue weighted by Crippen LogP contribution is 2.35. The summed E-state index contributed by atoms with van der Waals surface area (Å²) in [7, 11) is 0. The molecule has 0 saturated carbocycles. The molecule has 2 aliphatic heterocycles. The van der Waals surface area contributed by atoms with Crippen molar-refractivity contribution in [2.24, 2.45) is 0 Å². The molecule has 0 aromatic carbocycles. The van der Waals surface area contributed by atoms with Gasteiger partial charge in [-0.3, -0.25) is 14.6 Å².